The first-order chi connectivity index (χ1) is 41.1. The standard InChI is InChI=1S/C79H72BN3OS2/c1-76(2,3)51-24-30-55(31-25-51)82(56-32-26-52(27-33-56)77(4,5)6)58-36-37-60-62-43-64-66(46-72(62)86-71(60)42-58)83(57-34-28-53(29-35-57)78(7,8)9)80-65-45-70-49(38-39-85-70)40-67(65)81(68-44-63-59-20-16-17-21-69(59)84-75(63)73(64)74(68)80)47-50-22-23-54(79(10,11)12)41-61(50)48-18-14-13-15-19-48/h13-46H,47H2,1-12H3. The first-order valence-electron chi connectivity index (χ1n) is 30.5. The lowest BCUT2D eigenvalue weighted by Gasteiger charge is -2.46. The van der Waals surface area contributed by atoms with Gasteiger partial charge >= 0.3 is 6.85 Å². The Morgan fingerprint density at radius 2 is 1.06 bits per heavy atom. The molecule has 0 atom stereocenters. The second kappa shape index (κ2) is 19.6. The molecule has 10 aromatic carbocycles. The Morgan fingerprint density at radius 3 is 1.72 bits per heavy atom. The Bertz CT molecular complexity index is 4770. The van der Waals surface area contributed by atoms with E-state index in [1.165, 1.54) is 108 Å². The third-order valence-corrected chi connectivity index (χ3v) is 20.4. The highest BCUT2D eigenvalue weighted by molar-refractivity contribution is 7.26. The Kier molecular flexibility index (Phi) is 12.4. The van der Waals surface area contributed by atoms with Crippen LogP contribution in [-0.4, -0.2) is 6.85 Å². The molecule has 0 amide bonds. The Balaban J connectivity index is 0.997. The predicted octanol–water partition coefficient (Wildman–Crippen LogP) is 22.1. The molecule has 0 spiro atoms. The van der Waals surface area contributed by atoms with Gasteiger partial charge in [0.25, 0.3) is 0 Å². The van der Waals surface area contributed by atoms with Gasteiger partial charge in [-0.25, -0.2) is 0 Å². The number of fused-ring (bicyclic) bond motifs is 12. The molecule has 0 N–H and O–H groups in total. The third kappa shape index (κ3) is 8.98. The molecule has 2 aliphatic rings. The summed E-state index contributed by atoms with van der Waals surface area (Å²) in [6, 6.07) is 76.7. The monoisotopic (exact) mass is 1150 g/mol. The highest BCUT2D eigenvalue weighted by Gasteiger charge is 2.47. The van der Waals surface area contributed by atoms with Crippen molar-refractivity contribution in [2.45, 2.75) is 111 Å². The number of thiophene rings is 2. The second-order valence-corrected chi connectivity index (χ2v) is 30.3. The molecule has 0 fully saturated rings. The maximum Gasteiger partial charge on any atom is 0.333 e. The molecule has 0 unspecified atom stereocenters. The van der Waals surface area contributed by atoms with E-state index in [4.69, 9.17) is 4.42 Å². The van der Waals surface area contributed by atoms with Crippen LogP contribution in [0.4, 0.5) is 39.8 Å². The number of nitrogens with zero attached hydrogens (tertiary/aromatic N) is 3. The van der Waals surface area contributed by atoms with Crippen LogP contribution in [0.25, 0.3) is 74.5 Å². The molecule has 0 saturated heterocycles. The van der Waals surface area contributed by atoms with E-state index in [2.05, 4.69) is 303 Å². The van der Waals surface area contributed by atoms with Crippen LogP contribution in [-0.2, 0) is 28.2 Å². The normalized spacial score (nSPS) is 13.6. The Morgan fingerprint density at radius 1 is 0.453 bits per heavy atom. The largest absolute Gasteiger partial charge is 0.455 e. The zero-order valence-corrected chi connectivity index (χ0v) is 53.1. The van der Waals surface area contributed by atoms with Gasteiger partial charge in [0.15, 0.2) is 0 Å². The summed E-state index contributed by atoms with van der Waals surface area (Å²) in [6.07, 6.45) is 0. The lowest BCUT2D eigenvalue weighted by molar-refractivity contribution is 0.590. The number of benzene rings is 10. The minimum Gasteiger partial charge on any atom is -0.455 e. The molecule has 0 aliphatic carbocycles. The summed E-state index contributed by atoms with van der Waals surface area (Å²) in [5.74, 6) is 0. The molecule has 0 bridgehead atoms. The fourth-order valence-electron chi connectivity index (χ4n) is 13.6. The SMILES string of the molecule is CC(C)(C)c1ccc(N2B3c4cc5sccc5cc4N(Cc4ccc(C(C)(C)C)cc4-c4ccccc4)c4cc5c(oc6ccccc65)c(c43)-c3cc4c(cc32)sc2cc(N(c3ccc(C(C)(C)C)cc3)c3ccc(C(C)(C)C)cc3)ccc24)cc1. The second-order valence-electron chi connectivity index (χ2n) is 28.2. The van der Waals surface area contributed by atoms with Crippen LogP contribution in [0.15, 0.2) is 210 Å². The quantitative estimate of drug-likeness (QED) is 0.148. The molecule has 424 valence electrons. The van der Waals surface area contributed by atoms with E-state index in [0.29, 0.717) is 6.54 Å². The fourth-order valence-corrected chi connectivity index (χ4v) is 15.6. The maximum absolute atomic E-state index is 7.32. The Hall–Kier alpha value is -8.36. The van der Waals surface area contributed by atoms with Crippen molar-refractivity contribution >= 4 is 132 Å². The smallest absolute Gasteiger partial charge is 0.333 e. The van der Waals surface area contributed by atoms with Crippen molar-refractivity contribution < 1.29 is 4.42 Å². The summed E-state index contributed by atoms with van der Waals surface area (Å²) in [7, 11) is 0. The minimum absolute atomic E-state index is 0.0131. The number of anilines is 7. The molecule has 2 aliphatic heterocycles. The van der Waals surface area contributed by atoms with Crippen molar-refractivity contribution in [3.63, 3.8) is 0 Å². The van der Waals surface area contributed by atoms with Crippen molar-refractivity contribution in [1.82, 2.24) is 0 Å². The molecule has 5 heterocycles. The van der Waals surface area contributed by atoms with Gasteiger partial charge in [0.1, 0.15) is 11.2 Å². The molecule has 15 rings (SSSR count). The fraction of sp³-hybridized carbons (Fsp3) is 0.215. The van der Waals surface area contributed by atoms with Gasteiger partial charge in [-0.1, -0.05) is 192 Å². The molecule has 0 radical (unpaired) electrons. The van der Waals surface area contributed by atoms with Crippen LogP contribution >= 0.6 is 22.7 Å². The van der Waals surface area contributed by atoms with Crippen LogP contribution in [0, 0.1) is 0 Å². The number of furan rings is 1. The summed E-state index contributed by atoms with van der Waals surface area (Å²) < 4.78 is 11.1. The van der Waals surface area contributed by atoms with Crippen molar-refractivity contribution in [3.05, 3.63) is 233 Å². The van der Waals surface area contributed by atoms with E-state index in [1.54, 1.807) is 0 Å². The Labute approximate surface area is 515 Å². The average molecular weight is 1150 g/mol. The van der Waals surface area contributed by atoms with Gasteiger partial charge in [-0.05, 0) is 173 Å². The van der Waals surface area contributed by atoms with Crippen LogP contribution in [0.3, 0.4) is 0 Å². The zero-order valence-electron chi connectivity index (χ0n) is 51.5. The third-order valence-electron chi connectivity index (χ3n) is 18.4. The highest BCUT2D eigenvalue weighted by Crippen LogP contribution is 2.53. The molecule has 13 aromatic rings. The van der Waals surface area contributed by atoms with Gasteiger partial charge in [0, 0.05) is 93.1 Å². The van der Waals surface area contributed by atoms with E-state index < -0.39 is 0 Å². The average Bonchev–Trinajstić information content (AvgIpc) is 1.16. The first kappa shape index (κ1) is 54.3. The van der Waals surface area contributed by atoms with E-state index in [0.717, 1.165) is 44.7 Å². The number of rotatable bonds is 7. The van der Waals surface area contributed by atoms with Gasteiger partial charge in [0.2, 0.25) is 0 Å². The van der Waals surface area contributed by atoms with Gasteiger partial charge < -0.3 is 19.0 Å². The minimum atomic E-state index is -0.193. The van der Waals surface area contributed by atoms with E-state index in [1.807, 2.05) is 22.7 Å². The molecule has 0 saturated carbocycles. The van der Waals surface area contributed by atoms with E-state index >= 15 is 0 Å². The number of para-hydroxylation sites is 1. The topological polar surface area (TPSA) is 22.9 Å². The van der Waals surface area contributed by atoms with Gasteiger partial charge in [-0.2, -0.15) is 0 Å². The summed E-state index contributed by atoms with van der Waals surface area (Å²) in [4.78, 5) is 7.78. The maximum atomic E-state index is 7.32. The van der Waals surface area contributed by atoms with Crippen LogP contribution in [0.2, 0.25) is 0 Å². The molecule has 4 nitrogen and oxygen atoms in total. The summed E-state index contributed by atoms with van der Waals surface area (Å²) in [5, 5.41) is 8.26. The summed E-state index contributed by atoms with van der Waals surface area (Å²) in [5.41, 5.74) is 24.0. The van der Waals surface area contributed by atoms with E-state index in [9.17, 15) is 0 Å². The first-order valence-corrected chi connectivity index (χ1v) is 32.2. The molecular formula is C79H72BN3OS2. The van der Waals surface area contributed by atoms with Gasteiger partial charge in [-0.15, -0.1) is 22.7 Å². The predicted molar refractivity (Wildman–Crippen MR) is 375 cm³/mol. The zero-order chi connectivity index (χ0) is 59.3. The van der Waals surface area contributed by atoms with Crippen molar-refractivity contribution in [3.8, 4) is 22.3 Å². The van der Waals surface area contributed by atoms with Crippen molar-refractivity contribution in [2.75, 3.05) is 14.6 Å². The van der Waals surface area contributed by atoms with Crippen molar-refractivity contribution in [1.29, 1.82) is 0 Å². The summed E-state index contributed by atoms with van der Waals surface area (Å²) >= 11 is 3.72. The lowest BCUT2D eigenvalue weighted by Crippen LogP contribution is -2.62. The van der Waals surface area contributed by atoms with Gasteiger partial charge in [-0.3, -0.25) is 0 Å². The van der Waals surface area contributed by atoms with Crippen molar-refractivity contribution in [2.24, 2.45) is 0 Å². The summed E-state index contributed by atoms with van der Waals surface area (Å²) in [6.45, 7) is 28.1. The van der Waals surface area contributed by atoms with Gasteiger partial charge in [0.05, 0.1) is 0 Å². The number of hydrogen-bond donors (Lipinski definition) is 0. The van der Waals surface area contributed by atoms with Crippen LogP contribution in [0.5, 0.6) is 0 Å². The highest BCUT2D eigenvalue weighted by atomic mass is 32.1. The molecule has 7 heteroatoms. The van der Waals surface area contributed by atoms with Crippen LogP contribution in [0.1, 0.15) is 111 Å². The molecular weight excluding hydrogens is 1080 g/mol. The number of hydrogen-bond acceptors (Lipinski definition) is 6. The molecule has 86 heavy (non-hydrogen) atoms. The lowest BCUT2D eigenvalue weighted by atomic mass is 9.43. The van der Waals surface area contributed by atoms with Crippen LogP contribution < -0.4 is 25.5 Å². The van der Waals surface area contributed by atoms with E-state index in [-0.39, 0.29) is 28.5 Å². The molecule has 3 aromatic heterocycles.